The Hall–Kier alpha value is -3.05. The molecule has 1 N–H and O–H groups in total. The Morgan fingerprint density at radius 1 is 1.00 bits per heavy atom. The van der Waals surface area contributed by atoms with Crippen LogP contribution in [0.4, 0.5) is 4.39 Å². The van der Waals surface area contributed by atoms with Gasteiger partial charge in [-0.05, 0) is 23.3 Å². The van der Waals surface area contributed by atoms with Crippen molar-refractivity contribution in [2.45, 2.75) is 11.8 Å². The summed E-state index contributed by atoms with van der Waals surface area (Å²) in [5.74, 6) is -0.227. The lowest BCUT2D eigenvalue weighted by Gasteiger charge is -2.34. The van der Waals surface area contributed by atoms with Gasteiger partial charge < -0.3 is 0 Å². The summed E-state index contributed by atoms with van der Waals surface area (Å²) in [6.07, 6.45) is 6.85. The van der Waals surface area contributed by atoms with E-state index >= 15 is 0 Å². The molecule has 0 saturated carbocycles. The van der Waals surface area contributed by atoms with Gasteiger partial charge in [-0.15, -0.1) is 11.3 Å². The Labute approximate surface area is 160 Å². The van der Waals surface area contributed by atoms with Crippen molar-refractivity contribution in [3.05, 3.63) is 100 Å². The van der Waals surface area contributed by atoms with Crippen LogP contribution >= 0.6 is 11.3 Å². The first-order valence-corrected chi connectivity index (χ1v) is 9.62. The number of allylic oxidation sites excluding steroid dienone is 1. The van der Waals surface area contributed by atoms with Gasteiger partial charge in [0, 0.05) is 34.7 Å². The number of aromatic nitrogens is 3. The van der Waals surface area contributed by atoms with E-state index in [1.165, 1.54) is 17.7 Å². The number of fused-ring (bicyclic) bond motifs is 1. The maximum absolute atomic E-state index is 13.5. The molecule has 27 heavy (non-hydrogen) atoms. The summed E-state index contributed by atoms with van der Waals surface area (Å²) in [5, 5.41) is 10.6. The number of benzene rings is 2. The third kappa shape index (κ3) is 2.62. The molecule has 5 heteroatoms. The van der Waals surface area contributed by atoms with E-state index in [-0.39, 0.29) is 11.2 Å². The van der Waals surface area contributed by atoms with Gasteiger partial charge in [0.1, 0.15) is 16.5 Å². The number of halogens is 1. The van der Waals surface area contributed by atoms with Crippen LogP contribution in [-0.2, 0) is 11.8 Å². The molecule has 5 rings (SSSR count). The van der Waals surface area contributed by atoms with E-state index in [1.807, 2.05) is 35.7 Å². The van der Waals surface area contributed by atoms with E-state index in [2.05, 4.69) is 39.5 Å². The van der Waals surface area contributed by atoms with Crippen molar-refractivity contribution in [3.8, 4) is 10.7 Å². The lowest BCUT2D eigenvalue weighted by atomic mass is 9.68. The summed E-state index contributed by atoms with van der Waals surface area (Å²) >= 11 is 1.58. The Balaban J connectivity index is 1.67. The summed E-state index contributed by atoms with van der Waals surface area (Å²) in [6.45, 7) is 0. The fourth-order valence-electron chi connectivity index (χ4n) is 3.81. The van der Waals surface area contributed by atoms with Crippen LogP contribution in [0.5, 0.6) is 0 Å². The predicted octanol–water partition coefficient (Wildman–Crippen LogP) is 5.23. The van der Waals surface area contributed by atoms with Crippen molar-refractivity contribution in [1.29, 1.82) is 0 Å². The van der Waals surface area contributed by atoms with Gasteiger partial charge in [-0.1, -0.05) is 54.6 Å². The number of rotatable bonds is 3. The summed E-state index contributed by atoms with van der Waals surface area (Å²) in [5.41, 5.74) is 4.90. The second-order valence-corrected chi connectivity index (χ2v) is 7.55. The van der Waals surface area contributed by atoms with Gasteiger partial charge in [0.05, 0.1) is 0 Å². The van der Waals surface area contributed by atoms with E-state index in [1.54, 1.807) is 17.5 Å². The zero-order valence-electron chi connectivity index (χ0n) is 14.4. The molecular formula is C22H16FN3S. The topological polar surface area (TPSA) is 41.6 Å². The van der Waals surface area contributed by atoms with Gasteiger partial charge >= 0.3 is 0 Å². The van der Waals surface area contributed by atoms with Crippen LogP contribution < -0.4 is 0 Å². The van der Waals surface area contributed by atoms with Crippen LogP contribution in [0.25, 0.3) is 16.8 Å². The lowest BCUT2D eigenvalue weighted by Crippen LogP contribution is -2.30. The molecule has 0 bridgehead atoms. The van der Waals surface area contributed by atoms with Crippen LogP contribution in [0.15, 0.2) is 72.3 Å². The standard InChI is InChI=1S/C22H16FN3S/c23-17-8-6-16(7-9-17)22(15-4-2-1-3-5-15)11-10-18-19(14-22)25-26-20(18)21-24-12-13-27-21/h1-13H,14H2,(H,25,26). The van der Waals surface area contributed by atoms with Crippen molar-refractivity contribution < 1.29 is 4.39 Å². The van der Waals surface area contributed by atoms with Gasteiger partial charge in [0.25, 0.3) is 0 Å². The second-order valence-electron chi connectivity index (χ2n) is 6.66. The minimum atomic E-state index is -0.366. The Kier molecular flexibility index (Phi) is 3.76. The smallest absolute Gasteiger partial charge is 0.144 e. The number of thiazole rings is 1. The summed E-state index contributed by atoms with van der Waals surface area (Å²) in [6, 6.07) is 17.1. The number of aromatic amines is 1. The SMILES string of the molecule is Fc1ccc(C2(c3ccccc3)C=Cc3c(-c4nccs4)n[nH]c3C2)cc1. The zero-order valence-corrected chi connectivity index (χ0v) is 15.2. The molecule has 2 heterocycles. The van der Waals surface area contributed by atoms with Gasteiger partial charge in [0.15, 0.2) is 0 Å². The van der Waals surface area contributed by atoms with Gasteiger partial charge in [-0.2, -0.15) is 5.10 Å². The van der Waals surface area contributed by atoms with Crippen LogP contribution in [0.3, 0.4) is 0 Å². The molecule has 1 unspecified atom stereocenters. The van der Waals surface area contributed by atoms with Gasteiger partial charge in [0.2, 0.25) is 0 Å². The lowest BCUT2D eigenvalue weighted by molar-refractivity contribution is 0.606. The molecule has 1 atom stereocenters. The molecule has 132 valence electrons. The molecule has 2 aromatic carbocycles. The van der Waals surface area contributed by atoms with Gasteiger partial charge in [-0.3, -0.25) is 5.10 Å². The molecule has 4 aromatic rings. The molecule has 1 aliphatic carbocycles. The highest BCUT2D eigenvalue weighted by atomic mass is 32.1. The maximum atomic E-state index is 13.5. The summed E-state index contributed by atoms with van der Waals surface area (Å²) in [7, 11) is 0. The molecule has 0 aliphatic heterocycles. The number of hydrogen-bond donors (Lipinski definition) is 1. The molecule has 0 amide bonds. The van der Waals surface area contributed by atoms with Crippen LogP contribution in [0.1, 0.15) is 22.4 Å². The van der Waals surface area contributed by atoms with Crippen molar-refractivity contribution in [2.75, 3.05) is 0 Å². The Morgan fingerprint density at radius 3 is 2.52 bits per heavy atom. The molecule has 0 fully saturated rings. The molecule has 0 saturated heterocycles. The monoisotopic (exact) mass is 373 g/mol. The van der Waals surface area contributed by atoms with Crippen molar-refractivity contribution in [3.63, 3.8) is 0 Å². The first kappa shape index (κ1) is 16.1. The maximum Gasteiger partial charge on any atom is 0.144 e. The van der Waals surface area contributed by atoms with E-state index in [0.29, 0.717) is 0 Å². The normalized spacial score (nSPS) is 18.4. The number of hydrogen-bond acceptors (Lipinski definition) is 3. The van der Waals surface area contributed by atoms with Gasteiger partial charge in [-0.25, -0.2) is 9.37 Å². The van der Waals surface area contributed by atoms with E-state index in [0.717, 1.165) is 33.9 Å². The van der Waals surface area contributed by atoms with Crippen molar-refractivity contribution in [1.82, 2.24) is 15.2 Å². The fraction of sp³-hybridized carbons (Fsp3) is 0.0909. The average Bonchev–Trinajstić information content (AvgIpc) is 3.38. The average molecular weight is 373 g/mol. The number of nitrogens with one attached hydrogen (secondary N) is 1. The van der Waals surface area contributed by atoms with E-state index < -0.39 is 0 Å². The molecule has 0 radical (unpaired) electrons. The third-order valence-corrected chi connectivity index (χ3v) is 5.94. The van der Waals surface area contributed by atoms with Crippen LogP contribution in [0, 0.1) is 5.82 Å². The van der Waals surface area contributed by atoms with Crippen molar-refractivity contribution in [2.24, 2.45) is 0 Å². The second kappa shape index (κ2) is 6.28. The van der Waals surface area contributed by atoms with E-state index in [9.17, 15) is 4.39 Å². The largest absolute Gasteiger partial charge is 0.281 e. The first-order valence-electron chi connectivity index (χ1n) is 8.74. The predicted molar refractivity (Wildman–Crippen MR) is 106 cm³/mol. The molecule has 0 spiro atoms. The van der Waals surface area contributed by atoms with Crippen LogP contribution in [0.2, 0.25) is 0 Å². The zero-order chi connectivity index (χ0) is 18.3. The number of nitrogens with zero attached hydrogens (tertiary/aromatic N) is 2. The fourth-order valence-corrected chi connectivity index (χ4v) is 4.45. The minimum Gasteiger partial charge on any atom is -0.281 e. The first-order chi connectivity index (χ1) is 13.3. The van der Waals surface area contributed by atoms with Crippen LogP contribution in [-0.4, -0.2) is 15.2 Å². The molecule has 3 nitrogen and oxygen atoms in total. The van der Waals surface area contributed by atoms with Crippen molar-refractivity contribution >= 4 is 17.4 Å². The quantitative estimate of drug-likeness (QED) is 0.534. The minimum absolute atomic E-state index is 0.227. The highest BCUT2D eigenvalue weighted by molar-refractivity contribution is 7.13. The third-order valence-electron chi connectivity index (χ3n) is 5.16. The Morgan fingerprint density at radius 2 is 1.78 bits per heavy atom. The number of H-pyrrole nitrogens is 1. The summed E-state index contributed by atoms with van der Waals surface area (Å²) < 4.78 is 13.5. The molecule has 1 aliphatic rings. The Bertz CT molecular complexity index is 1100. The highest BCUT2D eigenvalue weighted by Crippen LogP contribution is 2.43. The molecule has 2 aromatic heterocycles. The van der Waals surface area contributed by atoms with E-state index in [4.69, 9.17) is 0 Å². The molecular weight excluding hydrogens is 357 g/mol. The summed E-state index contributed by atoms with van der Waals surface area (Å²) in [4.78, 5) is 4.39. The highest BCUT2D eigenvalue weighted by Gasteiger charge is 2.36.